The lowest BCUT2D eigenvalue weighted by molar-refractivity contribution is 0.260. The predicted octanol–water partition coefficient (Wildman–Crippen LogP) is 2.95. The molecule has 1 nitrogen and oxygen atoms in total. The van der Waals surface area contributed by atoms with Crippen molar-refractivity contribution in [3.63, 3.8) is 0 Å². The van der Waals surface area contributed by atoms with Gasteiger partial charge in [-0.05, 0) is 32.1 Å². The van der Waals surface area contributed by atoms with E-state index in [0.29, 0.717) is 6.04 Å². The molecule has 1 fully saturated rings. The van der Waals surface area contributed by atoms with Crippen LogP contribution >= 0.6 is 0 Å². The monoisotopic (exact) mass is 169 g/mol. The molecule has 0 aromatic heterocycles. The molecule has 0 amide bonds. The maximum absolute atomic E-state index is 3.72. The Hall–Kier alpha value is -0.0400. The van der Waals surface area contributed by atoms with Crippen molar-refractivity contribution in [1.82, 2.24) is 5.32 Å². The molecule has 3 unspecified atom stereocenters. The van der Waals surface area contributed by atoms with Gasteiger partial charge in [-0.15, -0.1) is 0 Å². The van der Waals surface area contributed by atoms with Gasteiger partial charge < -0.3 is 5.32 Å². The number of nitrogens with one attached hydrogen (secondary N) is 1. The second-order valence-electron chi connectivity index (χ2n) is 4.34. The Balaban J connectivity index is 2.28. The van der Waals surface area contributed by atoms with Crippen molar-refractivity contribution in [2.24, 2.45) is 5.92 Å². The molecule has 1 aliphatic rings. The first kappa shape index (κ1) is 10.0. The van der Waals surface area contributed by atoms with Gasteiger partial charge in [-0.25, -0.2) is 0 Å². The van der Waals surface area contributed by atoms with Gasteiger partial charge in [0.05, 0.1) is 0 Å². The van der Waals surface area contributed by atoms with Gasteiger partial charge in [0.2, 0.25) is 0 Å². The molecule has 0 saturated heterocycles. The van der Waals surface area contributed by atoms with Crippen molar-refractivity contribution in [2.75, 3.05) is 0 Å². The van der Waals surface area contributed by atoms with Crippen molar-refractivity contribution in [3.05, 3.63) is 0 Å². The van der Waals surface area contributed by atoms with Gasteiger partial charge in [-0.2, -0.15) is 0 Å². The van der Waals surface area contributed by atoms with Gasteiger partial charge in [0, 0.05) is 12.1 Å². The molecule has 0 aromatic carbocycles. The summed E-state index contributed by atoms with van der Waals surface area (Å²) < 4.78 is 0. The van der Waals surface area contributed by atoms with E-state index >= 15 is 0 Å². The molecule has 0 bridgehead atoms. The highest BCUT2D eigenvalue weighted by molar-refractivity contribution is 4.79. The Morgan fingerprint density at radius 3 is 2.58 bits per heavy atom. The van der Waals surface area contributed by atoms with Crippen LogP contribution in [-0.2, 0) is 0 Å². The van der Waals surface area contributed by atoms with Gasteiger partial charge >= 0.3 is 0 Å². The largest absolute Gasteiger partial charge is 0.311 e. The van der Waals surface area contributed by atoms with Crippen LogP contribution in [0.3, 0.4) is 0 Å². The summed E-state index contributed by atoms with van der Waals surface area (Å²) in [5.41, 5.74) is 0. The molecule has 1 saturated carbocycles. The molecule has 0 radical (unpaired) electrons. The van der Waals surface area contributed by atoms with E-state index in [9.17, 15) is 0 Å². The third kappa shape index (κ3) is 2.78. The second-order valence-corrected chi connectivity index (χ2v) is 4.34. The average Bonchev–Trinajstić information content (AvgIpc) is 2.09. The van der Waals surface area contributed by atoms with E-state index in [1.54, 1.807) is 0 Å². The summed E-state index contributed by atoms with van der Waals surface area (Å²) in [4.78, 5) is 0. The van der Waals surface area contributed by atoms with Crippen LogP contribution in [0.1, 0.15) is 52.9 Å². The van der Waals surface area contributed by atoms with E-state index in [1.807, 2.05) is 0 Å². The van der Waals surface area contributed by atoms with E-state index in [0.717, 1.165) is 12.0 Å². The SMILES string of the molecule is CCC(C)NC1CCCCC1C. The molecule has 72 valence electrons. The molecular formula is C11H23N. The van der Waals surface area contributed by atoms with Crippen LogP contribution in [0.15, 0.2) is 0 Å². The summed E-state index contributed by atoms with van der Waals surface area (Å²) in [5, 5.41) is 3.72. The summed E-state index contributed by atoms with van der Waals surface area (Å²) in [7, 11) is 0. The fourth-order valence-electron chi connectivity index (χ4n) is 2.05. The van der Waals surface area contributed by atoms with E-state index in [2.05, 4.69) is 26.1 Å². The van der Waals surface area contributed by atoms with Crippen LogP contribution in [0.4, 0.5) is 0 Å². The molecule has 12 heavy (non-hydrogen) atoms. The smallest absolute Gasteiger partial charge is 0.00951 e. The zero-order valence-electron chi connectivity index (χ0n) is 8.77. The molecule has 1 aliphatic carbocycles. The molecule has 1 heteroatoms. The summed E-state index contributed by atoms with van der Waals surface area (Å²) in [6.07, 6.45) is 6.95. The Morgan fingerprint density at radius 1 is 1.33 bits per heavy atom. The zero-order chi connectivity index (χ0) is 8.97. The van der Waals surface area contributed by atoms with Gasteiger partial charge in [-0.1, -0.05) is 26.7 Å². The molecule has 0 heterocycles. The van der Waals surface area contributed by atoms with E-state index in [4.69, 9.17) is 0 Å². The molecule has 0 spiro atoms. The molecule has 1 rings (SSSR count). The minimum absolute atomic E-state index is 0.704. The first-order valence-corrected chi connectivity index (χ1v) is 5.50. The Kier molecular flexibility index (Phi) is 4.07. The number of hydrogen-bond donors (Lipinski definition) is 1. The van der Waals surface area contributed by atoms with Crippen molar-refractivity contribution < 1.29 is 0 Å². The Morgan fingerprint density at radius 2 is 2.00 bits per heavy atom. The molecule has 0 aliphatic heterocycles. The normalized spacial score (nSPS) is 33.2. The van der Waals surface area contributed by atoms with E-state index in [-0.39, 0.29) is 0 Å². The van der Waals surface area contributed by atoms with Crippen LogP contribution in [-0.4, -0.2) is 12.1 Å². The quantitative estimate of drug-likeness (QED) is 0.685. The third-order valence-corrected chi connectivity index (χ3v) is 3.22. The van der Waals surface area contributed by atoms with Crippen molar-refractivity contribution in [1.29, 1.82) is 0 Å². The molecule has 3 atom stereocenters. The first-order valence-electron chi connectivity index (χ1n) is 5.50. The minimum Gasteiger partial charge on any atom is -0.311 e. The Labute approximate surface area is 76.9 Å². The van der Waals surface area contributed by atoms with Crippen LogP contribution in [0.25, 0.3) is 0 Å². The fraction of sp³-hybridized carbons (Fsp3) is 1.00. The third-order valence-electron chi connectivity index (χ3n) is 3.22. The predicted molar refractivity (Wildman–Crippen MR) is 54.3 cm³/mol. The summed E-state index contributed by atoms with van der Waals surface area (Å²) in [6.45, 7) is 6.94. The summed E-state index contributed by atoms with van der Waals surface area (Å²) in [6, 6.07) is 1.50. The standard InChI is InChI=1S/C11H23N/c1-4-10(3)12-11-8-6-5-7-9(11)2/h9-12H,4-8H2,1-3H3. The van der Waals surface area contributed by atoms with Crippen molar-refractivity contribution >= 4 is 0 Å². The van der Waals surface area contributed by atoms with Gasteiger partial charge in [0.25, 0.3) is 0 Å². The lowest BCUT2D eigenvalue weighted by Crippen LogP contribution is -2.41. The molecule has 0 aromatic rings. The zero-order valence-corrected chi connectivity index (χ0v) is 8.77. The summed E-state index contributed by atoms with van der Waals surface area (Å²) >= 11 is 0. The maximum atomic E-state index is 3.72. The summed E-state index contributed by atoms with van der Waals surface area (Å²) in [5.74, 6) is 0.896. The lowest BCUT2D eigenvalue weighted by atomic mass is 9.85. The van der Waals surface area contributed by atoms with Gasteiger partial charge in [0.1, 0.15) is 0 Å². The second kappa shape index (κ2) is 4.86. The number of rotatable bonds is 3. The van der Waals surface area contributed by atoms with Gasteiger partial charge in [-0.3, -0.25) is 0 Å². The average molecular weight is 169 g/mol. The molecular weight excluding hydrogens is 146 g/mol. The van der Waals surface area contributed by atoms with Crippen LogP contribution in [0, 0.1) is 5.92 Å². The topological polar surface area (TPSA) is 12.0 Å². The van der Waals surface area contributed by atoms with Crippen LogP contribution in [0.2, 0.25) is 0 Å². The maximum Gasteiger partial charge on any atom is 0.00951 e. The van der Waals surface area contributed by atoms with Crippen LogP contribution in [0.5, 0.6) is 0 Å². The molecule has 1 N–H and O–H groups in total. The highest BCUT2D eigenvalue weighted by Crippen LogP contribution is 2.24. The van der Waals surface area contributed by atoms with E-state index in [1.165, 1.54) is 32.1 Å². The fourth-order valence-corrected chi connectivity index (χ4v) is 2.05. The van der Waals surface area contributed by atoms with Crippen molar-refractivity contribution in [2.45, 2.75) is 65.0 Å². The highest BCUT2D eigenvalue weighted by atomic mass is 14.9. The van der Waals surface area contributed by atoms with Gasteiger partial charge in [0.15, 0.2) is 0 Å². The first-order chi connectivity index (χ1) is 5.74. The lowest BCUT2D eigenvalue weighted by Gasteiger charge is -2.31. The van der Waals surface area contributed by atoms with Crippen LogP contribution < -0.4 is 5.32 Å². The van der Waals surface area contributed by atoms with Crippen molar-refractivity contribution in [3.8, 4) is 0 Å². The Bertz CT molecular complexity index is 122. The van der Waals surface area contributed by atoms with E-state index < -0.39 is 0 Å². The highest BCUT2D eigenvalue weighted by Gasteiger charge is 2.21. The minimum atomic E-state index is 0.704. The number of hydrogen-bond acceptors (Lipinski definition) is 1.